The molecule has 1 aliphatic heterocycles. The van der Waals surface area contributed by atoms with Crippen LogP contribution in [0.3, 0.4) is 0 Å². The van der Waals surface area contributed by atoms with Gasteiger partial charge in [-0.15, -0.1) is 11.8 Å². The van der Waals surface area contributed by atoms with E-state index in [2.05, 4.69) is 5.32 Å². The SMILES string of the molecule is Cc1ccc(CNC(=O)c2ccc([C@H]3SCC(=O)N3Cc3ccco3)cc2)cc1. The van der Waals surface area contributed by atoms with E-state index in [1.54, 1.807) is 18.0 Å². The zero-order valence-electron chi connectivity index (χ0n) is 16.1. The van der Waals surface area contributed by atoms with Crippen molar-refractivity contribution in [2.45, 2.75) is 25.4 Å². The fourth-order valence-corrected chi connectivity index (χ4v) is 4.45. The maximum Gasteiger partial charge on any atom is 0.251 e. The molecule has 1 aromatic heterocycles. The highest BCUT2D eigenvalue weighted by atomic mass is 32.2. The molecule has 2 amide bonds. The number of carbonyl (C=O) groups excluding carboxylic acids is 2. The molecule has 6 heteroatoms. The van der Waals surface area contributed by atoms with Gasteiger partial charge in [-0.05, 0) is 42.3 Å². The van der Waals surface area contributed by atoms with Gasteiger partial charge < -0.3 is 14.6 Å². The van der Waals surface area contributed by atoms with Crippen molar-refractivity contribution in [1.29, 1.82) is 0 Å². The Morgan fingerprint density at radius 3 is 2.59 bits per heavy atom. The molecule has 1 fully saturated rings. The number of nitrogens with zero attached hydrogens (tertiary/aromatic N) is 1. The van der Waals surface area contributed by atoms with Gasteiger partial charge in [-0.1, -0.05) is 42.0 Å². The lowest BCUT2D eigenvalue weighted by Crippen LogP contribution is -2.27. The van der Waals surface area contributed by atoms with E-state index in [-0.39, 0.29) is 17.2 Å². The van der Waals surface area contributed by atoms with Crippen molar-refractivity contribution in [1.82, 2.24) is 10.2 Å². The Bertz CT molecular complexity index is 982. The van der Waals surface area contributed by atoms with Crippen LogP contribution in [0.1, 0.15) is 38.2 Å². The van der Waals surface area contributed by atoms with E-state index in [9.17, 15) is 9.59 Å². The molecule has 1 atom stereocenters. The summed E-state index contributed by atoms with van der Waals surface area (Å²) in [6.45, 7) is 2.98. The smallest absolute Gasteiger partial charge is 0.251 e. The lowest BCUT2D eigenvalue weighted by Gasteiger charge is -2.23. The first-order chi connectivity index (χ1) is 14.1. The van der Waals surface area contributed by atoms with Crippen LogP contribution in [0.25, 0.3) is 0 Å². The highest BCUT2D eigenvalue weighted by molar-refractivity contribution is 8.00. The van der Waals surface area contributed by atoms with Crippen LogP contribution in [0.2, 0.25) is 0 Å². The molecule has 0 saturated carbocycles. The summed E-state index contributed by atoms with van der Waals surface area (Å²) in [5, 5.41) is 2.88. The van der Waals surface area contributed by atoms with Crippen LogP contribution >= 0.6 is 11.8 Å². The zero-order valence-corrected chi connectivity index (χ0v) is 16.9. The van der Waals surface area contributed by atoms with Gasteiger partial charge in [0.1, 0.15) is 11.1 Å². The summed E-state index contributed by atoms with van der Waals surface area (Å²) in [6.07, 6.45) is 1.61. The maximum absolute atomic E-state index is 12.5. The number of rotatable bonds is 6. The van der Waals surface area contributed by atoms with E-state index in [1.165, 1.54) is 5.56 Å². The molecule has 0 bridgehead atoms. The number of thioether (sulfide) groups is 1. The first-order valence-electron chi connectivity index (χ1n) is 9.47. The number of benzene rings is 2. The Labute approximate surface area is 174 Å². The van der Waals surface area contributed by atoms with E-state index in [0.29, 0.717) is 24.4 Å². The highest BCUT2D eigenvalue weighted by Crippen LogP contribution is 2.39. The maximum atomic E-state index is 12.5. The summed E-state index contributed by atoms with van der Waals surface area (Å²) >= 11 is 1.59. The fraction of sp³-hybridized carbons (Fsp3) is 0.217. The number of hydrogen-bond donors (Lipinski definition) is 1. The van der Waals surface area contributed by atoms with Gasteiger partial charge in [-0.25, -0.2) is 0 Å². The van der Waals surface area contributed by atoms with E-state index in [4.69, 9.17) is 4.42 Å². The van der Waals surface area contributed by atoms with E-state index < -0.39 is 0 Å². The predicted molar refractivity (Wildman–Crippen MR) is 113 cm³/mol. The first-order valence-corrected chi connectivity index (χ1v) is 10.5. The van der Waals surface area contributed by atoms with Crippen molar-refractivity contribution < 1.29 is 14.0 Å². The van der Waals surface area contributed by atoms with E-state index >= 15 is 0 Å². The topological polar surface area (TPSA) is 62.6 Å². The van der Waals surface area contributed by atoms with Gasteiger partial charge in [0.2, 0.25) is 5.91 Å². The van der Waals surface area contributed by atoms with E-state index in [0.717, 1.165) is 16.9 Å². The van der Waals surface area contributed by atoms with Crippen LogP contribution in [0, 0.1) is 6.92 Å². The van der Waals surface area contributed by atoms with Crippen molar-refractivity contribution >= 4 is 23.6 Å². The molecule has 29 heavy (non-hydrogen) atoms. The number of nitrogens with one attached hydrogen (secondary N) is 1. The number of aryl methyl sites for hydroxylation is 1. The van der Waals surface area contributed by atoms with Crippen LogP contribution in [-0.4, -0.2) is 22.5 Å². The third kappa shape index (κ3) is 4.54. The van der Waals surface area contributed by atoms with Gasteiger partial charge in [-0.3, -0.25) is 9.59 Å². The average molecular weight is 407 g/mol. The third-order valence-electron chi connectivity index (χ3n) is 4.91. The van der Waals surface area contributed by atoms with Gasteiger partial charge in [0.25, 0.3) is 5.91 Å². The Hall–Kier alpha value is -2.99. The first kappa shape index (κ1) is 19.3. The summed E-state index contributed by atoms with van der Waals surface area (Å²) in [5.41, 5.74) is 3.87. The summed E-state index contributed by atoms with van der Waals surface area (Å²) in [4.78, 5) is 26.6. The molecule has 1 saturated heterocycles. The standard InChI is InChI=1S/C23H22N2O3S/c1-16-4-6-17(7-5-16)13-24-22(27)18-8-10-19(11-9-18)23-25(21(26)15-29-23)14-20-3-2-12-28-20/h2-12,23H,13-15H2,1H3,(H,24,27)/t23-/m1/s1. The molecule has 0 radical (unpaired) electrons. The van der Waals surface area contributed by atoms with Crippen molar-refractivity contribution in [3.8, 4) is 0 Å². The van der Waals surface area contributed by atoms with Crippen molar-refractivity contribution in [2.75, 3.05) is 5.75 Å². The predicted octanol–water partition coefficient (Wildman–Crippen LogP) is 4.29. The minimum Gasteiger partial charge on any atom is -0.467 e. The lowest BCUT2D eigenvalue weighted by atomic mass is 10.1. The fourth-order valence-electron chi connectivity index (χ4n) is 3.26. The second kappa shape index (κ2) is 8.57. The average Bonchev–Trinajstić information content (AvgIpc) is 3.38. The molecular formula is C23H22N2O3S. The van der Waals surface area contributed by atoms with Crippen molar-refractivity contribution in [3.63, 3.8) is 0 Å². The lowest BCUT2D eigenvalue weighted by molar-refractivity contribution is -0.128. The second-order valence-corrected chi connectivity index (χ2v) is 8.12. The summed E-state index contributed by atoms with van der Waals surface area (Å²) in [5.74, 6) is 1.19. The normalized spacial score (nSPS) is 16.2. The van der Waals surface area contributed by atoms with Gasteiger partial charge >= 0.3 is 0 Å². The van der Waals surface area contributed by atoms with Crippen LogP contribution in [0.4, 0.5) is 0 Å². The van der Waals surface area contributed by atoms with Crippen LogP contribution in [0.15, 0.2) is 71.3 Å². The summed E-state index contributed by atoms with van der Waals surface area (Å²) in [7, 11) is 0. The van der Waals surface area contributed by atoms with Crippen LogP contribution in [-0.2, 0) is 17.9 Å². The molecule has 5 nitrogen and oxygen atoms in total. The Balaban J connectivity index is 1.40. The molecule has 2 aromatic carbocycles. The molecule has 1 aliphatic rings. The van der Waals surface area contributed by atoms with Crippen LogP contribution in [0.5, 0.6) is 0 Å². The van der Waals surface area contributed by atoms with E-state index in [1.807, 2.05) is 72.5 Å². The van der Waals surface area contributed by atoms with Gasteiger partial charge in [-0.2, -0.15) is 0 Å². The molecule has 148 valence electrons. The quantitative estimate of drug-likeness (QED) is 0.663. The monoisotopic (exact) mass is 406 g/mol. The Morgan fingerprint density at radius 1 is 1.14 bits per heavy atom. The number of hydrogen-bond acceptors (Lipinski definition) is 4. The Morgan fingerprint density at radius 2 is 1.90 bits per heavy atom. The number of amides is 2. The number of carbonyl (C=O) groups is 2. The zero-order chi connectivity index (χ0) is 20.2. The number of furan rings is 1. The summed E-state index contributed by atoms with van der Waals surface area (Å²) in [6, 6.07) is 19.3. The molecule has 0 spiro atoms. The third-order valence-corrected chi connectivity index (χ3v) is 6.16. The molecule has 0 unspecified atom stereocenters. The molecular weight excluding hydrogens is 384 g/mol. The van der Waals surface area contributed by atoms with Gasteiger partial charge in [0.15, 0.2) is 0 Å². The summed E-state index contributed by atoms with van der Waals surface area (Å²) < 4.78 is 5.39. The highest BCUT2D eigenvalue weighted by Gasteiger charge is 2.33. The van der Waals surface area contributed by atoms with Gasteiger partial charge in [0, 0.05) is 12.1 Å². The van der Waals surface area contributed by atoms with Gasteiger partial charge in [0.05, 0.1) is 18.6 Å². The second-order valence-electron chi connectivity index (χ2n) is 7.05. The molecule has 4 rings (SSSR count). The van der Waals surface area contributed by atoms with Crippen molar-refractivity contribution in [2.24, 2.45) is 0 Å². The molecule has 3 aromatic rings. The molecule has 2 heterocycles. The molecule has 0 aliphatic carbocycles. The Kier molecular flexibility index (Phi) is 5.71. The minimum absolute atomic E-state index is 0.0720. The molecule has 1 N–H and O–H groups in total. The largest absolute Gasteiger partial charge is 0.467 e. The van der Waals surface area contributed by atoms with Crippen LogP contribution < -0.4 is 5.32 Å². The minimum atomic E-state index is -0.111. The van der Waals surface area contributed by atoms with Crippen molar-refractivity contribution in [3.05, 3.63) is 94.9 Å².